The van der Waals surface area contributed by atoms with Crippen molar-refractivity contribution in [3.05, 3.63) is 41.1 Å². The van der Waals surface area contributed by atoms with E-state index in [1.807, 2.05) is 31.2 Å². The molecule has 1 atom stereocenters. The van der Waals surface area contributed by atoms with Gasteiger partial charge in [-0.25, -0.2) is 0 Å². The number of para-hydroxylation sites is 1. The Bertz CT molecular complexity index is 663. The van der Waals surface area contributed by atoms with Gasteiger partial charge in [-0.2, -0.15) is 5.10 Å². The lowest BCUT2D eigenvalue weighted by atomic mass is 9.85. The second-order valence-corrected chi connectivity index (χ2v) is 5.30. The van der Waals surface area contributed by atoms with Gasteiger partial charge in [0.25, 0.3) is 0 Å². The van der Waals surface area contributed by atoms with Gasteiger partial charge in [-0.1, -0.05) is 25.1 Å². The number of nitrogens with one attached hydrogen (secondary N) is 2. The van der Waals surface area contributed by atoms with Crippen LogP contribution < -0.4 is 10.1 Å². The number of aromatic amines is 1. The molecule has 1 amide bonds. The van der Waals surface area contributed by atoms with Crippen LogP contribution in [0.2, 0.25) is 0 Å². The van der Waals surface area contributed by atoms with Crippen LogP contribution in [-0.2, 0) is 4.79 Å². The van der Waals surface area contributed by atoms with Gasteiger partial charge in [0, 0.05) is 29.2 Å². The minimum atomic E-state index is -0.0134. The van der Waals surface area contributed by atoms with E-state index in [1.165, 1.54) is 0 Å². The van der Waals surface area contributed by atoms with Gasteiger partial charge >= 0.3 is 0 Å². The molecule has 0 bridgehead atoms. The fourth-order valence-corrected chi connectivity index (χ4v) is 2.81. The highest BCUT2D eigenvalue weighted by molar-refractivity contribution is 5.94. The van der Waals surface area contributed by atoms with Gasteiger partial charge in [0.15, 0.2) is 5.82 Å². The van der Waals surface area contributed by atoms with E-state index >= 15 is 0 Å². The maximum atomic E-state index is 11.9. The number of aryl methyl sites for hydroxylation is 1. The van der Waals surface area contributed by atoms with Crippen molar-refractivity contribution in [2.45, 2.75) is 32.6 Å². The molecule has 1 aliphatic heterocycles. The average Bonchev–Trinajstić information content (AvgIpc) is 2.86. The Hall–Kier alpha value is -2.30. The predicted octanol–water partition coefficient (Wildman–Crippen LogP) is 2.98. The van der Waals surface area contributed by atoms with Crippen LogP contribution in [0.5, 0.6) is 5.75 Å². The van der Waals surface area contributed by atoms with Gasteiger partial charge in [-0.3, -0.25) is 9.89 Å². The van der Waals surface area contributed by atoms with Gasteiger partial charge in [-0.15, -0.1) is 0 Å². The van der Waals surface area contributed by atoms with Crippen LogP contribution in [0.15, 0.2) is 24.3 Å². The molecule has 21 heavy (non-hydrogen) atoms. The first-order valence-corrected chi connectivity index (χ1v) is 7.27. The van der Waals surface area contributed by atoms with Gasteiger partial charge < -0.3 is 10.1 Å². The summed E-state index contributed by atoms with van der Waals surface area (Å²) in [6.45, 7) is 4.73. The van der Waals surface area contributed by atoms with E-state index in [4.69, 9.17) is 4.74 Å². The topological polar surface area (TPSA) is 67.0 Å². The Labute approximate surface area is 123 Å². The molecule has 3 rings (SSSR count). The molecule has 1 aliphatic rings. The van der Waals surface area contributed by atoms with Crippen LogP contribution in [-0.4, -0.2) is 22.7 Å². The molecule has 1 aromatic carbocycles. The number of carbonyl (C=O) groups excluding carboxylic acids is 1. The minimum absolute atomic E-state index is 0.00991. The molecule has 2 N–H and O–H groups in total. The molecule has 0 spiro atoms. The molecule has 0 radical (unpaired) electrons. The van der Waals surface area contributed by atoms with Gasteiger partial charge in [-0.05, 0) is 19.4 Å². The Kier molecular flexibility index (Phi) is 3.64. The maximum Gasteiger partial charge on any atom is 0.226 e. The first-order valence-electron chi connectivity index (χ1n) is 7.27. The lowest BCUT2D eigenvalue weighted by Gasteiger charge is -2.24. The van der Waals surface area contributed by atoms with Crippen LogP contribution in [0.25, 0.3) is 0 Å². The number of amides is 1. The van der Waals surface area contributed by atoms with Crippen LogP contribution >= 0.6 is 0 Å². The zero-order valence-corrected chi connectivity index (χ0v) is 12.3. The average molecular weight is 285 g/mol. The summed E-state index contributed by atoms with van der Waals surface area (Å²) in [5.74, 6) is 1.47. The highest BCUT2D eigenvalue weighted by atomic mass is 16.5. The number of hydrogen-bond acceptors (Lipinski definition) is 3. The molecule has 5 heteroatoms. The van der Waals surface area contributed by atoms with Crippen molar-refractivity contribution in [1.82, 2.24) is 10.2 Å². The molecule has 5 nitrogen and oxygen atoms in total. The smallest absolute Gasteiger partial charge is 0.226 e. The van der Waals surface area contributed by atoms with Crippen LogP contribution in [0, 0.1) is 6.92 Å². The highest BCUT2D eigenvalue weighted by Gasteiger charge is 2.31. The molecule has 2 heterocycles. The number of carbonyl (C=O) groups is 1. The SMILES string of the molecule is CCCOc1ccccc1[C@H]1CC(=O)Nc2n[nH]c(C)c21. The summed E-state index contributed by atoms with van der Waals surface area (Å²) in [6.07, 6.45) is 1.37. The van der Waals surface area contributed by atoms with Crippen molar-refractivity contribution in [3.63, 3.8) is 0 Å². The number of anilines is 1. The van der Waals surface area contributed by atoms with Crippen molar-refractivity contribution in [3.8, 4) is 5.75 Å². The third kappa shape index (κ3) is 2.51. The van der Waals surface area contributed by atoms with Crippen LogP contribution in [0.3, 0.4) is 0 Å². The predicted molar refractivity (Wildman–Crippen MR) is 80.6 cm³/mol. The van der Waals surface area contributed by atoms with Gasteiger partial charge in [0.2, 0.25) is 5.91 Å². The van der Waals surface area contributed by atoms with E-state index in [0.29, 0.717) is 18.8 Å². The van der Waals surface area contributed by atoms with Crippen molar-refractivity contribution < 1.29 is 9.53 Å². The minimum Gasteiger partial charge on any atom is -0.493 e. The van der Waals surface area contributed by atoms with Crippen molar-refractivity contribution in [2.24, 2.45) is 0 Å². The first kappa shape index (κ1) is 13.7. The Morgan fingerprint density at radius 2 is 2.19 bits per heavy atom. The first-order chi connectivity index (χ1) is 10.2. The summed E-state index contributed by atoms with van der Waals surface area (Å²) >= 11 is 0. The molecule has 1 aromatic heterocycles. The second-order valence-electron chi connectivity index (χ2n) is 5.30. The van der Waals surface area contributed by atoms with E-state index in [0.717, 1.165) is 29.0 Å². The summed E-state index contributed by atoms with van der Waals surface area (Å²) in [5, 5.41) is 9.95. The normalized spacial score (nSPS) is 17.2. The lowest BCUT2D eigenvalue weighted by molar-refractivity contribution is -0.116. The molecular weight excluding hydrogens is 266 g/mol. The van der Waals surface area contributed by atoms with E-state index in [9.17, 15) is 4.79 Å². The van der Waals surface area contributed by atoms with Gasteiger partial charge in [0.1, 0.15) is 5.75 Å². The number of rotatable bonds is 4. The van der Waals surface area contributed by atoms with Crippen LogP contribution in [0.4, 0.5) is 5.82 Å². The van der Waals surface area contributed by atoms with E-state index in [-0.39, 0.29) is 11.8 Å². The zero-order chi connectivity index (χ0) is 14.8. The van der Waals surface area contributed by atoms with E-state index < -0.39 is 0 Å². The van der Waals surface area contributed by atoms with Crippen molar-refractivity contribution >= 4 is 11.7 Å². The number of hydrogen-bond donors (Lipinski definition) is 2. The summed E-state index contributed by atoms with van der Waals surface area (Å²) in [5.41, 5.74) is 3.09. The number of benzene rings is 1. The lowest BCUT2D eigenvalue weighted by Crippen LogP contribution is -2.23. The molecule has 0 aliphatic carbocycles. The fourth-order valence-electron chi connectivity index (χ4n) is 2.81. The standard InChI is InChI=1S/C16H19N3O2/c1-3-8-21-13-7-5-4-6-11(13)12-9-14(20)17-16-15(12)10(2)18-19-16/h4-7,12H,3,8-9H2,1-2H3,(H2,17,18,19,20)/t12-/m1/s1. The molecule has 0 saturated carbocycles. The molecule has 0 unspecified atom stereocenters. The summed E-state index contributed by atoms with van der Waals surface area (Å²) < 4.78 is 5.84. The van der Waals surface area contributed by atoms with E-state index in [1.54, 1.807) is 0 Å². The maximum absolute atomic E-state index is 11.9. The van der Waals surface area contributed by atoms with E-state index in [2.05, 4.69) is 22.4 Å². The number of aromatic nitrogens is 2. The number of ether oxygens (including phenoxy) is 1. The van der Waals surface area contributed by atoms with Gasteiger partial charge in [0.05, 0.1) is 6.61 Å². The largest absolute Gasteiger partial charge is 0.493 e. The molecule has 0 saturated heterocycles. The Balaban J connectivity index is 2.04. The monoisotopic (exact) mass is 285 g/mol. The number of nitrogens with zero attached hydrogens (tertiary/aromatic N) is 1. The van der Waals surface area contributed by atoms with Crippen molar-refractivity contribution in [2.75, 3.05) is 11.9 Å². The molecular formula is C16H19N3O2. The Morgan fingerprint density at radius 3 is 3.00 bits per heavy atom. The Morgan fingerprint density at radius 1 is 1.38 bits per heavy atom. The zero-order valence-electron chi connectivity index (χ0n) is 12.3. The highest BCUT2D eigenvalue weighted by Crippen LogP contribution is 2.41. The number of fused-ring (bicyclic) bond motifs is 1. The molecule has 110 valence electrons. The van der Waals surface area contributed by atoms with Crippen molar-refractivity contribution in [1.29, 1.82) is 0 Å². The molecule has 2 aromatic rings. The third-order valence-corrected chi connectivity index (χ3v) is 3.75. The summed E-state index contributed by atoms with van der Waals surface area (Å²) in [6, 6.07) is 7.94. The summed E-state index contributed by atoms with van der Waals surface area (Å²) in [7, 11) is 0. The summed E-state index contributed by atoms with van der Waals surface area (Å²) in [4.78, 5) is 11.9. The number of H-pyrrole nitrogens is 1. The van der Waals surface area contributed by atoms with Crippen LogP contribution in [0.1, 0.15) is 42.5 Å². The second kappa shape index (κ2) is 5.60. The fraction of sp³-hybridized carbons (Fsp3) is 0.375. The molecule has 0 fully saturated rings. The quantitative estimate of drug-likeness (QED) is 0.907. The third-order valence-electron chi connectivity index (χ3n) is 3.75.